The SMILES string of the molecule is CC(C)c1nc(Cl)c2c(n1)CCCC2. The molecule has 0 amide bonds. The van der Waals surface area contributed by atoms with Crippen molar-refractivity contribution in [3.05, 3.63) is 22.2 Å². The first-order chi connectivity index (χ1) is 6.68. The zero-order valence-corrected chi connectivity index (χ0v) is 9.43. The van der Waals surface area contributed by atoms with Crippen LogP contribution in [0.1, 0.15) is 49.7 Å². The van der Waals surface area contributed by atoms with Crippen LogP contribution in [0.3, 0.4) is 0 Å². The van der Waals surface area contributed by atoms with E-state index in [1.54, 1.807) is 0 Å². The Morgan fingerprint density at radius 1 is 1.14 bits per heavy atom. The molecule has 0 fully saturated rings. The van der Waals surface area contributed by atoms with Gasteiger partial charge in [0.1, 0.15) is 11.0 Å². The number of hydrogen-bond donors (Lipinski definition) is 0. The molecule has 76 valence electrons. The van der Waals surface area contributed by atoms with E-state index in [0.29, 0.717) is 11.1 Å². The van der Waals surface area contributed by atoms with Crippen LogP contribution in [-0.2, 0) is 12.8 Å². The lowest BCUT2D eigenvalue weighted by Crippen LogP contribution is -2.11. The van der Waals surface area contributed by atoms with Crippen LogP contribution in [-0.4, -0.2) is 9.97 Å². The lowest BCUT2D eigenvalue weighted by atomic mass is 9.97. The second kappa shape index (κ2) is 3.85. The minimum atomic E-state index is 0.361. The van der Waals surface area contributed by atoms with E-state index in [1.807, 2.05) is 0 Å². The molecule has 0 radical (unpaired) electrons. The third-order valence-electron chi connectivity index (χ3n) is 2.67. The molecule has 1 aromatic rings. The number of aromatic nitrogens is 2. The standard InChI is InChI=1S/C11H15ClN2/c1-7(2)11-13-9-6-4-3-5-8(9)10(12)14-11/h7H,3-6H2,1-2H3. The number of aryl methyl sites for hydroxylation is 1. The molecular weight excluding hydrogens is 196 g/mol. The first-order valence-electron chi connectivity index (χ1n) is 5.23. The van der Waals surface area contributed by atoms with Gasteiger partial charge in [-0.25, -0.2) is 9.97 Å². The Labute approximate surface area is 89.7 Å². The fourth-order valence-electron chi connectivity index (χ4n) is 1.82. The zero-order chi connectivity index (χ0) is 10.1. The highest BCUT2D eigenvalue weighted by molar-refractivity contribution is 6.30. The predicted octanol–water partition coefficient (Wildman–Crippen LogP) is 3.13. The highest BCUT2D eigenvalue weighted by atomic mass is 35.5. The Hall–Kier alpha value is -0.630. The first-order valence-corrected chi connectivity index (χ1v) is 5.61. The smallest absolute Gasteiger partial charge is 0.136 e. The fourth-order valence-corrected chi connectivity index (χ4v) is 2.11. The first kappa shape index (κ1) is 9.91. The van der Waals surface area contributed by atoms with Crippen LogP contribution in [0.2, 0.25) is 5.15 Å². The average molecular weight is 211 g/mol. The molecule has 1 aliphatic rings. The summed E-state index contributed by atoms with van der Waals surface area (Å²) < 4.78 is 0. The Balaban J connectivity index is 2.46. The van der Waals surface area contributed by atoms with E-state index >= 15 is 0 Å². The summed E-state index contributed by atoms with van der Waals surface area (Å²) in [7, 11) is 0. The summed E-state index contributed by atoms with van der Waals surface area (Å²) in [5.74, 6) is 1.25. The molecule has 1 aromatic heterocycles. The van der Waals surface area contributed by atoms with Gasteiger partial charge in [-0.3, -0.25) is 0 Å². The monoisotopic (exact) mass is 210 g/mol. The molecule has 14 heavy (non-hydrogen) atoms. The van der Waals surface area contributed by atoms with Gasteiger partial charge < -0.3 is 0 Å². The van der Waals surface area contributed by atoms with Crippen molar-refractivity contribution in [2.45, 2.75) is 45.4 Å². The van der Waals surface area contributed by atoms with Crippen LogP contribution in [0.25, 0.3) is 0 Å². The third kappa shape index (κ3) is 1.76. The molecule has 0 aromatic carbocycles. The van der Waals surface area contributed by atoms with E-state index < -0.39 is 0 Å². The molecule has 1 aliphatic carbocycles. The summed E-state index contributed by atoms with van der Waals surface area (Å²) in [6.07, 6.45) is 4.57. The Kier molecular flexibility index (Phi) is 2.73. The predicted molar refractivity (Wildman–Crippen MR) is 57.8 cm³/mol. The van der Waals surface area contributed by atoms with E-state index in [0.717, 1.165) is 18.7 Å². The van der Waals surface area contributed by atoms with Crippen molar-refractivity contribution in [2.24, 2.45) is 0 Å². The van der Waals surface area contributed by atoms with Crippen molar-refractivity contribution in [1.29, 1.82) is 0 Å². The van der Waals surface area contributed by atoms with Gasteiger partial charge in [-0.15, -0.1) is 0 Å². The van der Waals surface area contributed by atoms with Crippen molar-refractivity contribution in [1.82, 2.24) is 9.97 Å². The van der Waals surface area contributed by atoms with Crippen LogP contribution >= 0.6 is 11.6 Å². The summed E-state index contributed by atoms with van der Waals surface area (Å²) in [6, 6.07) is 0. The highest BCUT2D eigenvalue weighted by Gasteiger charge is 2.17. The molecule has 0 saturated carbocycles. The largest absolute Gasteiger partial charge is 0.237 e. The van der Waals surface area contributed by atoms with Crippen molar-refractivity contribution in [3.8, 4) is 0 Å². The summed E-state index contributed by atoms with van der Waals surface area (Å²) in [5, 5.41) is 0.679. The molecule has 0 saturated heterocycles. The molecule has 0 aliphatic heterocycles. The summed E-state index contributed by atoms with van der Waals surface area (Å²) in [6.45, 7) is 4.20. The maximum atomic E-state index is 6.14. The van der Waals surface area contributed by atoms with E-state index in [2.05, 4.69) is 23.8 Å². The highest BCUT2D eigenvalue weighted by Crippen LogP contribution is 2.26. The van der Waals surface area contributed by atoms with Gasteiger partial charge in [0.25, 0.3) is 0 Å². The van der Waals surface area contributed by atoms with Crippen molar-refractivity contribution < 1.29 is 0 Å². The molecule has 0 N–H and O–H groups in total. The van der Waals surface area contributed by atoms with E-state index in [4.69, 9.17) is 11.6 Å². The van der Waals surface area contributed by atoms with Crippen LogP contribution in [0.5, 0.6) is 0 Å². The minimum absolute atomic E-state index is 0.361. The quantitative estimate of drug-likeness (QED) is 0.666. The van der Waals surface area contributed by atoms with Gasteiger partial charge in [-0.1, -0.05) is 25.4 Å². The maximum Gasteiger partial charge on any atom is 0.136 e. The molecule has 3 heteroatoms. The molecule has 1 heterocycles. The van der Waals surface area contributed by atoms with E-state index in [-0.39, 0.29) is 0 Å². The summed E-state index contributed by atoms with van der Waals surface area (Å²) >= 11 is 6.14. The molecule has 0 spiro atoms. The molecule has 2 nitrogen and oxygen atoms in total. The topological polar surface area (TPSA) is 25.8 Å². The fraction of sp³-hybridized carbons (Fsp3) is 0.636. The number of rotatable bonds is 1. The van der Waals surface area contributed by atoms with E-state index in [1.165, 1.54) is 24.1 Å². The van der Waals surface area contributed by atoms with Crippen molar-refractivity contribution >= 4 is 11.6 Å². The summed E-state index contributed by atoms with van der Waals surface area (Å²) in [4.78, 5) is 8.92. The van der Waals surface area contributed by atoms with Crippen LogP contribution < -0.4 is 0 Å². The Morgan fingerprint density at radius 2 is 1.86 bits per heavy atom. The van der Waals surface area contributed by atoms with Crippen LogP contribution in [0.15, 0.2) is 0 Å². The lowest BCUT2D eigenvalue weighted by molar-refractivity contribution is 0.644. The summed E-state index contributed by atoms with van der Waals surface area (Å²) in [5.41, 5.74) is 2.36. The molecule has 2 rings (SSSR count). The van der Waals surface area contributed by atoms with Crippen molar-refractivity contribution in [3.63, 3.8) is 0 Å². The van der Waals surface area contributed by atoms with E-state index in [9.17, 15) is 0 Å². The van der Waals surface area contributed by atoms with Gasteiger partial charge in [0.05, 0.1) is 0 Å². The maximum absolute atomic E-state index is 6.14. The van der Waals surface area contributed by atoms with Crippen molar-refractivity contribution in [2.75, 3.05) is 0 Å². The van der Waals surface area contributed by atoms with Gasteiger partial charge in [-0.2, -0.15) is 0 Å². The Morgan fingerprint density at radius 3 is 2.57 bits per heavy atom. The number of hydrogen-bond acceptors (Lipinski definition) is 2. The number of halogens is 1. The number of nitrogens with zero attached hydrogens (tertiary/aromatic N) is 2. The second-order valence-corrected chi connectivity index (χ2v) is 4.52. The van der Waals surface area contributed by atoms with Gasteiger partial charge in [0.15, 0.2) is 0 Å². The van der Waals surface area contributed by atoms with Crippen LogP contribution in [0.4, 0.5) is 0 Å². The number of fused-ring (bicyclic) bond motifs is 1. The molecule has 0 unspecified atom stereocenters. The third-order valence-corrected chi connectivity index (χ3v) is 2.98. The van der Waals surface area contributed by atoms with Gasteiger partial charge in [0.2, 0.25) is 0 Å². The van der Waals surface area contributed by atoms with Gasteiger partial charge in [-0.05, 0) is 25.7 Å². The lowest BCUT2D eigenvalue weighted by Gasteiger charge is -2.17. The second-order valence-electron chi connectivity index (χ2n) is 4.16. The minimum Gasteiger partial charge on any atom is -0.237 e. The van der Waals surface area contributed by atoms with Crippen LogP contribution in [0, 0.1) is 0 Å². The normalized spacial score (nSPS) is 15.7. The Bertz CT molecular complexity index is 347. The molecule has 0 atom stereocenters. The zero-order valence-electron chi connectivity index (χ0n) is 8.68. The van der Waals surface area contributed by atoms with Gasteiger partial charge in [0, 0.05) is 17.2 Å². The molecule has 0 bridgehead atoms. The van der Waals surface area contributed by atoms with Gasteiger partial charge >= 0.3 is 0 Å². The molecular formula is C11H15ClN2. The average Bonchev–Trinajstić information content (AvgIpc) is 2.17.